The molecule has 1 N–H and O–H groups in total. The Morgan fingerprint density at radius 1 is 1.27 bits per heavy atom. The highest BCUT2D eigenvalue weighted by atomic mass is 16.6. The maximum Gasteiger partial charge on any atom is 0.410 e. The molecule has 5 nitrogen and oxygen atoms in total. The molecule has 0 spiro atoms. The normalized spacial score (nSPS) is 29.0. The molecule has 26 heavy (non-hydrogen) atoms. The number of aliphatic hydroxyl groups is 1. The zero-order valence-electron chi connectivity index (χ0n) is 16.5. The van der Waals surface area contributed by atoms with Crippen molar-refractivity contribution in [1.29, 1.82) is 0 Å². The Labute approximate surface area is 156 Å². The first-order valence-corrected chi connectivity index (χ1v) is 9.51. The highest BCUT2D eigenvalue weighted by Crippen LogP contribution is 2.42. The summed E-state index contributed by atoms with van der Waals surface area (Å²) in [5.74, 6) is 0.406. The monoisotopic (exact) mass is 361 g/mol. The van der Waals surface area contributed by atoms with Gasteiger partial charge >= 0.3 is 6.09 Å². The number of morpholine rings is 1. The molecule has 2 saturated heterocycles. The molecule has 2 atom stereocenters. The fourth-order valence-corrected chi connectivity index (χ4v) is 4.01. The second-order valence-electron chi connectivity index (χ2n) is 8.95. The SMILES string of the molecule is CC(C)c1cccc(C2(O)CC3COCC(C2)N3C(=O)OC(C)(C)C)c1. The summed E-state index contributed by atoms with van der Waals surface area (Å²) in [6.45, 7) is 10.8. The molecule has 0 aromatic heterocycles. The van der Waals surface area contributed by atoms with Gasteiger partial charge in [-0.25, -0.2) is 4.79 Å². The van der Waals surface area contributed by atoms with Crippen LogP contribution in [0.25, 0.3) is 0 Å². The molecule has 2 bridgehead atoms. The molecule has 1 aromatic carbocycles. The number of hydrogen-bond donors (Lipinski definition) is 1. The van der Waals surface area contributed by atoms with E-state index < -0.39 is 11.2 Å². The van der Waals surface area contributed by atoms with Crippen LogP contribution >= 0.6 is 0 Å². The Hall–Kier alpha value is -1.59. The fraction of sp³-hybridized carbons (Fsp3) is 0.667. The number of fused-ring (bicyclic) bond motifs is 2. The smallest absolute Gasteiger partial charge is 0.410 e. The van der Waals surface area contributed by atoms with Crippen molar-refractivity contribution in [3.8, 4) is 0 Å². The van der Waals surface area contributed by atoms with Gasteiger partial charge in [0.15, 0.2) is 0 Å². The molecule has 0 radical (unpaired) electrons. The van der Waals surface area contributed by atoms with Gasteiger partial charge in [-0.3, -0.25) is 4.90 Å². The largest absolute Gasteiger partial charge is 0.444 e. The van der Waals surface area contributed by atoms with E-state index in [1.807, 2.05) is 32.9 Å². The van der Waals surface area contributed by atoms with Gasteiger partial charge in [-0.1, -0.05) is 38.1 Å². The Morgan fingerprint density at radius 3 is 2.42 bits per heavy atom. The molecule has 2 unspecified atom stereocenters. The van der Waals surface area contributed by atoms with Crippen LogP contribution in [-0.2, 0) is 15.1 Å². The number of nitrogens with zero attached hydrogens (tertiary/aromatic N) is 1. The molecule has 5 heteroatoms. The first-order valence-electron chi connectivity index (χ1n) is 9.51. The summed E-state index contributed by atoms with van der Waals surface area (Å²) < 4.78 is 11.3. The van der Waals surface area contributed by atoms with Gasteiger partial charge < -0.3 is 14.6 Å². The van der Waals surface area contributed by atoms with Crippen LogP contribution in [0.4, 0.5) is 4.79 Å². The van der Waals surface area contributed by atoms with E-state index in [-0.39, 0.29) is 18.2 Å². The number of carbonyl (C=O) groups is 1. The molecular formula is C21H31NO4. The lowest BCUT2D eigenvalue weighted by molar-refractivity contribution is -0.141. The van der Waals surface area contributed by atoms with E-state index in [4.69, 9.17) is 9.47 Å². The van der Waals surface area contributed by atoms with Crippen molar-refractivity contribution in [2.45, 2.75) is 76.7 Å². The standard InChI is InChI=1S/C21H31NO4/c1-14(2)15-7-6-8-16(9-15)21(24)10-17-12-25-13-18(11-21)22(17)19(23)26-20(3,4)5/h6-9,14,17-18,24H,10-13H2,1-5H3. The highest BCUT2D eigenvalue weighted by molar-refractivity contribution is 5.69. The summed E-state index contributed by atoms with van der Waals surface area (Å²) in [5, 5.41) is 11.5. The fourth-order valence-electron chi connectivity index (χ4n) is 4.01. The highest BCUT2D eigenvalue weighted by Gasteiger charge is 2.49. The summed E-state index contributed by atoms with van der Waals surface area (Å²) in [6.07, 6.45) is 0.614. The molecule has 2 heterocycles. The minimum absolute atomic E-state index is 0.176. The maximum atomic E-state index is 12.7. The van der Waals surface area contributed by atoms with E-state index in [1.54, 1.807) is 4.90 Å². The first-order chi connectivity index (χ1) is 12.1. The van der Waals surface area contributed by atoms with Gasteiger partial charge in [0.1, 0.15) is 5.60 Å². The molecule has 0 aliphatic carbocycles. The lowest BCUT2D eigenvalue weighted by atomic mass is 9.76. The van der Waals surface area contributed by atoms with Crippen LogP contribution in [0.15, 0.2) is 24.3 Å². The Kier molecular flexibility index (Phi) is 5.06. The van der Waals surface area contributed by atoms with Crippen LogP contribution in [-0.4, -0.2) is 47.0 Å². The number of carbonyl (C=O) groups excluding carboxylic acids is 1. The Morgan fingerprint density at radius 2 is 1.88 bits per heavy atom. The molecule has 1 amide bonds. The summed E-state index contributed by atoms with van der Waals surface area (Å²) in [5.41, 5.74) is 0.671. The average Bonchev–Trinajstić information content (AvgIpc) is 2.52. The van der Waals surface area contributed by atoms with Gasteiger partial charge in [-0.15, -0.1) is 0 Å². The van der Waals surface area contributed by atoms with E-state index >= 15 is 0 Å². The summed E-state index contributed by atoms with van der Waals surface area (Å²) >= 11 is 0. The number of amides is 1. The van der Waals surface area contributed by atoms with Crippen molar-refractivity contribution in [1.82, 2.24) is 4.90 Å². The van der Waals surface area contributed by atoms with Crippen molar-refractivity contribution < 1.29 is 19.4 Å². The third kappa shape index (κ3) is 3.89. The van der Waals surface area contributed by atoms with Gasteiger partial charge in [0.2, 0.25) is 0 Å². The van der Waals surface area contributed by atoms with Crippen molar-refractivity contribution >= 4 is 6.09 Å². The maximum absolute atomic E-state index is 12.7. The van der Waals surface area contributed by atoms with E-state index in [1.165, 1.54) is 5.56 Å². The third-order valence-electron chi connectivity index (χ3n) is 5.25. The van der Waals surface area contributed by atoms with Crippen molar-refractivity contribution in [3.05, 3.63) is 35.4 Å². The van der Waals surface area contributed by atoms with E-state index in [9.17, 15) is 9.90 Å². The van der Waals surface area contributed by atoms with Crippen molar-refractivity contribution in [2.24, 2.45) is 0 Å². The second kappa shape index (κ2) is 6.86. The zero-order chi connectivity index (χ0) is 19.1. The van der Waals surface area contributed by atoms with Crippen molar-refractivity contribution in [2.75, 3.05) is 13.2 Å². The van der Waals surface area contributed by atoms with Crippen LogP contribution in [0.3, 0.4) is 0 Å². The number of piperidine rings is 1. The summed E-state index contributed by atoms with van der Waals surface area (Å²) in [7, 11) is 0. The molecule has 0 saturated carbocycles. The topological polar surface area (TPSA) is 59.0 Å². The molecular weight excluding hydrogens is 330 g/mol. The number of rotatable bonds is 2. The summed E-state index contributed by atoms with van der Waals surface area (Å²) in [6, 6.07) is 7.85. The van der Waals surface area contributed by atoms with Crippen LogP contribution in [0.5, 0.6) is 0 Å². The average molecular weight is 361 g/mol. The lowest BCUT2D eigenvalue weighted by Gasteiger charge is -2.51. The molecule has 1 aromatic rings. The van der Waals surface area contributed by atoms with Crippen LogP contribution in [0.2, 0.25) is 0 Å². The van der Waals surface area contributed by atoms with Gasteiger partial charge in [0, 0.05) is 12.8 Å². The molecule has 2 aliphatic heterocycles. The van der Waals surface area contributed by atoms with Gasteiger partial charge in [0.25, 0.3) is 0 Å². The molecule has 2 fully saturated rings. The minimum atomic E-state index is -0.942. The Bertz CT molecular complexity index is 650. The minimum Gasteiger partial charge on any atom is -0.444 e. The number of hydrogen-bond acceptors (Lipinski definition) is 4. The van der Waals surface area contributed by atoms with Crippen LogP contribution in [0.1, 0.15) is 64.5 Å². The van der Waals surface area contributed by atoms with Crippen LogP contribution in [0, 0.1) is 0 Å². The molecule has 144 valence electrons. The van der Waals surface area contributed by atoms with E-state index in [0.717, 1.165) is 5.56 Å². The molecule has 2 aliphatic rings. The predicted molar refractivity (Wildman–Crippen MR) is 100 cm³/mol. The van der Waals surface area contributed by atoms with Gasteiger partial charge in [-0.2, -0.15) is 0 Å². The second-order valence-corrected chi connectivity index (χ2v) is 8.95. The first kappa shape index (κ1) is 19.2. The Balaban J connectivity index is 1.85. The van der Waals surface area contributed by atoms with E-state index in [0.29, 0.717) is 32.0 Å². The third-order valence-corrected chi connectivity index (χ3v) is 5.25. The van der Waals surface area contributed by atoms with E-state index in [2.05, 4.69) is 26.0 Å². The van der Waals surface area contributed by atoms with Gasteiger partial charge in [-0.05, 0) is 37.8 Å². The van der Waals surface area contributed by atoms with Crippen LogP contribution < -0.4 is 0 Å². The molecule has 3 rings (SSSR count). The number of ether oxygens (including phenoxy) is 2. The predicted octanol–water partition coefficient (Wildman–Crippen LogP) is 3.80. The number of benzene rings is 1. The summed E-state index contributed by atoms with van der Waals surface area (Å²) in [4.78, 5) is 14.5. The zero-order valence-corrected chi connectivity index (χ0v) is 16.5. The lowest BCUT2D eigenvalue weighted by Crippen LogP contribution is -2.63. The quantitative estimate of drug-likeness (QED) is 0.870. The van der Waals surface area contributed by atoms with Gasteiger partial charge in [0.05, 0.1) is 30.9 Å². The van der Waals surface area contributed by atoms with Crippen molar-refractivity contribution in [3.63, 3.8) is 0 Å².